The Balaban J connectivity index is 1.79. The number of nitrogens with zero attached hydrogens (tertiary/aromatic N) is 3. The van der Waals surface area contributed by atoms with Gasteiger partial charge in [-0.05, 0) is 25.5 Å². The van der Waals surface area contributed by atoms with E-state index in [2.05, 4.69) is 9.47 Å². The van der Waals surface area contributed by atoms with Gasteiger partial charge in [0.25, 0.3) is 0 Å². The zero-order chi connectivity index (χ0) is 19.8. The molecule has 1 saturated heterocycles. The molecule has 0 atom stereocenters. The van der Waals surface area contributed by atoms with Crippen molar-refractivity contribution in [1.82, 2.24) is 9.47 Å². The van der Waals surface area contributed by atoms with Crippen LogP contribution in [0.2, 0.25) is 5.02 Å². The summed E-state index contributed by atoms with van der Waals surface area (Å²) in [7, 11) is 0. The maximum Gasteiger partial charge on any atom is 0.311 e. The third-order valence-electron chi connectivity index (χ3n) is 4.54. The van der Waals surface area contributed by atoms with Crippen LogP contribution < -0.4 is 4.80 Å². The van der Waals surface area contributed by atoms with Crippen LogP contribution in [0.4, 0.5) is 5.69 Å². The zero-order valence-electron chi connectivity index (χ0n) is 16.1. The number of carbonyl (C=O) groups is 1. The van der Waals surface area contributed by atoms with Crippen molar-refractivity contribution < 1.29 is 14.3 Å². The van der Waals surface area contributed by atoms with Crippen molar-refractivity contribution in [1.29, 1.82) is 0 Å². The summed E-state index contributed by atoms with van der Waals surface area (Å²) < 4.78 is 12.7. The summed E-state index contributed by atoms with van der Waals surface area (Å²) in [5.74, 6) is -0.216. The van der Waals surface area contributed by atoms with Crippen LogP contribution in [0.1, 0.15) is 19.0 Å². The number of thiazole rings is 1. The Bertz CT molecular complexity index is 843. The topological polar surface area (TPSA) is 56.1 Å². The van der Waals surface area contributed by atoms with Crippen LogP contribution in [0.15, 0.2) is 34.6 Å². The van der Waals surface area contributed by atoms with Crippen LogP contribution in [-0.4, -0.2) is 54.9 Å². The minimum atomic E-state index is -0.216. The van der Waals surface area contributed by atoms with Crippen LogP contribution in [0.5, 0.6) is 0 Å². The first kappa shape index (κ1) is 21.0. The molecule has 1 aliphatic rings. The lowest BCUT2D eigenvalue weighted by Crippen LogP contribution is -2.37. The Morgan fingerprint density at radius 1 is 1.29 bits per heavy atom. The Hall–Kier alpha value is -1.67. The highest BCUT2D eigenvalue weighted by molar-refractivity contribution is 7.07. The first-order valence-electron chi connectivity index (χ1n) is 9.59. The molecular formula is C20H26ClN3O3S. The molecule has 1 aliphatic heterocycles. The lowest BCUT2D eigenvalue weighted by Gasteiger charge is -2.26. The van der Waals surface area contributed by atoms with Gasteiger partial charge in [0.2, 0.25) is 0 Å². The number of aromatic nitrogens is 1. The summed E-state index contributed by atoms with van der Waals surface area (Å²) in [6, 6.07) is 7.53. The Labute approximate surface area is 174 Å². The number of rotatable bonds is 8. The Kier molecular flexibility index (Phi) is 8.09. The van der Waals surface area contributed by atoms with Gasteiger partial charge in [0, 0.05) is 37.3 Å². The molecule has 0 aliphatic carbocycles. The average Bonchev–Trinajstić information content (AvgIpc) is 3.06. The quantitative estimate of drug-likeness (QED) is 0.611. The van der Waals surface area contributed by atoms with Crippen molar-refractivity contribution in [2.75, 3.05) is 39.5 Å². The van der Waals surface area contributed by atoms with Crippen LogP contribution >= 0.6 is 22.9 Å². The number of halogens is 1. The summed E-state index contributed by atoms with van der Waals surface area (Å²) in [5.41, 5.74) is 1.66. The number of hydrogen-bond acceptors (Lipinski definition) is 6. The molecule has 3 rings (SSSR count). The number of benzene rings is 1. The van der Waals surface area contributed by atoms with Gasteiger partial charge in [0.15, 0.2) is 4.80 Å². The van der Waals surface area contributed by atoms with Crippen LogP contribution in [0, 0.1) is 0 Å². The number of carbonyl (C=O) groups excluding carboxylic acids is 1. The van der Waals surface area contributed by atoms with E-state index < -0.39 is 0 Å². The van der Waals surface area contributed by atoms with Gasteiger partial charge in [-0.25, -0.2) is 4.99 Å². The third kappa shape index (κ3) is 5.91. The normalized spacial score (nSPS) is 15.7. The van der Waals surface area contributed by atoms with Crippen molar-refractivity contribution in [3.8, 4) is 0 Å². The minimum absolute atomic E-state index is 0.216. The largest absolute Gasteiger partial charge is 0.466 e. The van der Waals surface area contributed by atoms with Gasteiger partial charge in [-0.1, -0.05) is 23.7 Å². The van der Waals surface area contributed by atoms with E-state index in [1.165, 1.54) is 11.3 Å². The maximum absolute atomic E-state index is 12.0. The second kappa shape index (κ2) is 10.8. The standard InChI is InChI=1S/C20H26ClN3O3S/c1-2-27-19(25)14-16-15-28-20(22-18-7-4-3-6-17(18)21)24(16)9-5-8-23-10-12-26-13-11-23/h3-4,6-7,15H,2,5,8-14H2,1H3. The fraction of sp³-hybridized carbons (Fsp3) is 0.500. The SMILES string of the molecule is CCOC(=O)Cc1csc(=Nc2ccccc2Cl)n1CCCN1CCOCC1. The van der Waals surface area contributed by atoms with Crippen molar-refractivity contribution in [3.05, 3.63) is 45.2 Å². The van der Waals surface area contributed by atoms with Gasteiger partial charge in [-0.15, -0.1) is 11.3 Å². The summed E-state index contributed by atoms with van der Waals surface area (Å²) in [5, 5.41) is 2.60. The van der Waals surface area contributed by atoms with Gasteiger partial charge in [-0.2, -0.15) is 0 Å². The molecule has 152 valence electrons. The molecule has 2 heterocycles. The molecule has 2 aromatic rings. The lowest BCUT2D eigenvalue weighted by molar-refractivity contribution is -0.142. The van der Waals surface area contributed by atoms with Crippen molar-refractivity contribution in [2.24, 2.45) is 4.99 Å². The Morgan fingerprint density at radius 3 is 2.82 bits per heavy atom. The molecule has 0 N–H and O–H groups in total. The number of esters is 1. The average molecular weight is 424 g/mol. The van der Waals surface area contributed by atoms with Crippen LogP contribution in [0.3, 0.4) is 0 Å². The molecule has 1 aromatic heterocycles. The first-order valence-corrected chi connectivity index (χ1v) is 10.9. The van der Waals surface area contributed by atoms with E-state index in [9.17, 15) is 4.79 Å². The fourth-order valence-electron chi connectivity index (χ4n) is 3.12. The molecule has 0 unspecified atom stereocenters. The van der Waals surface area contributed by atoms with Gasteiger partial charge >= 0.3 is 5.97 Å². The first-order chi connectivity index (χ1) is 13.7. The monoisotopic (exact) mass is 423 g/mol. The lowest BCUT2D eigenvalue weighted by atomic mass is 10.3. The Morgan fingerprint density at radius 2 is 2.07 bits per heavy atom. The van der Waals surface area contributed by atoms with E-state index >= 15 is 0 Å². The van der Waals surface area contributed by atoms with E-state index in [1.807, 2.05) is 36.6 Å². The fourth-order valence-corrected chi connectivity index (χ4v) is 4.23. The van der Waals surface area contributed by atoms with Gasteiger partial charge < -0.3 is 14.0 Å². The molecule has 0 saturated carbocycles. The zero-order valence-corrected chi connectivity index (χ0v) is 17.7. The number of para-hydroxylation sites is 1. The highest BCUT2D eigenvalue weighted by Gasteiger charge is 2.13. The maximum atomic E-state index is 12.0. The van der Waals surface area contributed by atoms with Crippen LogP contribution in [0.25, 0.3) is 0 Å². The van der Waals surface area contributed by atoms with Gasteiger partial charge in [0.05, 0.1) is 37.0 Å². The summed E-state index contributed by atoms with van der Waals surface area (Å²) in [6.07, 6.45) is 1.22. The number of morpholine rings is 1. The number of ether oxygens (including phenoxy) is 2. The molecule has 1 fully saturated rings. The molecular weight excluding hydrogens is 398 g/mol. The molecule has 1 aromatic carbocycles. The van der Waals surface area contributed by atoms with Crippen LogP contribution in [-0.2, 0) is 27.2 Å². The summed E-state index contributed by atoms with van der Waals surface area (Å²) in [6.45, 7) is 7.54. The van der Waals surface area contributed by atoms with E-state index in [0.29, 0.717) is 11.6 Å². The molecule has 6 nitrogen and oxygen atoms in total. The predicted molar refractivity (Wildman–Crippen MR) is 111 cm³/mol. The van der Waals surface area contributed by atoms with Gasteiger partial charge in [0.1, 0.15) is 0 Å². The molecule has 0 spiro atoms. The second-order valence-electron chi connectivity index (χ2n) is 6.51. The van der Waals surface area contributed by atoms with E-state index in [4.69, 9.17) is 26.1 Å². The molecule has 0 radical (unpaired) electrons. The van der Waals surface area contributed by atoms with Gasteiger partial charge in [-0.3, -0.25) is 9.69 Å². The predicted octanol–water partition coefficient (Wildman–Crippen LogP) is 3.26. The minimum Gasteiger partial charge on any atom is -0.466 e. The van der Waals surface area contributed by atoms with E-state index in [1.54, 1.807) is 0 Å². The second-order valence-corrected chi connectivity index (χ2v) is 7.76. The highest BCUT2D eigenvalue weighted by Crippen LogP contribution is 2.23. The van der Waals surface area contributed by atoms with Crippen molar-refractivity contribution in [3.63, 3.8) is 0 Å². The summed E-state index contributed by atoms with van der Waals surface area (Å²) >= 11 is 7.80. The van der Waals surface area contributed by atoms with Crippen molar-refractivity contribution in [2.45, 2.75) is 26.3 Å². The molecule has 0 bridgehead atoms. The molecule has 8 heteroatoms. The molecule has 0 amide bonds. The number of hydrogen-bond donors (Lipinski definition) is 0. The van der Waals surface area contributed by atoms with E-state index in [-0.39, 0.29) is 12.4 Å². The third-order valence-corrected chi connectivity index (χ3v) is 5.77. The highest BCUT2D eigenvalue weighted by atomic mass is 35.5. The van der Waals surface area contributed by atoms with E-state index in [0.717, 1.165) is 62.0 Å². The summed E-state index contributed by atoms with van der Waals surface area (Å²) in [4.78, 5) is 20.0. The smallest absolute Gasteiger partial charge is 0.311 e. The molecule has 28 heavy (non-hydrogen) atoms. The van der Waals surface area contributed by atoms with Crippen molar-refractivity contribution >= 4 is 34.6 Å².